The number of amides is 2. The molecule has 1 aromatic carbocycles. The normalized spacial score (nSPS) is 14.5. The number of nitrogens with one attached hydrogen (secondary N) is 2. The largest absolute Gasteiger partial charge is 0.350 e. The minimum Gasteiger partial charge on any atom is -0.350 e. The summed E-state index contributed by atoms with van der Waals surface area (Å²) in [5.41, 5.74) is 2.00. The van der Waals surface area contributed by atoms with E-state index in [1.165, 1.54) is 21.8 Å². The van der Waals surface area contributed by atoms with E-state index in [0.717, 1.165) is 24.1 Å². The van der Waals surface area contributed by atoms with Gasteiger partial charge in [0.05, 0.1) is 18.6 Å². The van der Waals surface area contributed by atoms with Crippen LogP contribution in [0.3, 0.4) is 0 Å². The van der Waals surface area contributed by atoms with Crippen molar-refractivity contribution in [2.45, 2.75) is 38.8 Å². The highest BCUT2D eigenvalue weighted by molar-refractivity contribution is 5.94. The van der Waals surface area contributed by atoms with E-state index >= 15 is 0 Å². The van der Waals surface area contributed by atoms with E-state index in [-0.39, 0.29) is 42.3 Å². The Kier molecular flexibility index (Phi) is 5.35. The van der Waals surface area contributed by atoms with Crippen LogP contribution in [0.5, 0.6) is 0 Å². The Labute approximate surface area is 173 Å². The number of carbonyl (C=O) groups excluding carboxylic acids is 2. The van der Waals surface area contributed by atoms with Crippen molar-refractivity contribution in [2.75, 3.05) is 5.32 Å². The van der Waals surface area contributed by atoms with Gasteiger partial charge in [-0.25, -0.2) is 4.98 Å². The Bertz CT molecular complexity index is 1140. The fourth-order valence-corrected chi connectivity index (χ4v) is 3.29. The lowest BCUT2D eigenvalue weighted by atomic mass is 10.1. The molecule has 1 aliphatic rings. The van der Waals surface area contributed by atoms with Crippen molar-refractivity contribution in [3.8, 4) is 0 Å². The van der Waals surface area contributed by atoms with E-state index in [4.69, 9.17) is 0 Å². The number of carbonyl (C=O) groups is 2. The van der Waals surface area contributed by atoms with E-state index in [1.54, 1.807) is 7.05 Å². The third-order valence-electron chi connectivity index (χ3n) is 5.30. The number of rotatable bonds is 7. The second-order valence-electron chi connectivity index (χ2n) is 7.67. The first kappa shape index (κ1) is 19.8. The van der Waals surface area contributed by atoms with E-state index in [0.29, 0.717) is 11.0 Å². The number of fused-ring (bicyclic) bond motifs is 1. The highest BCUT2D eigenvalue weighted by atomic mass is 16.2. The van der Waals surface area contributed by atoms with Crippen LogP contribution >= 0.6 is 0 Å². The summed E-state index contributed by atoms with van der Waals surface area (Å²) in [5.74, 6) is 0.0644. The maximum atomic E-state index is 12.5. The number of aryl methyl sites for hydroxylation is 2. The van der Waals surface area contributed by atoms with Gasteiger partial charge in [0.2, 0.25) is 11.8 Å². The first-order chi connectivity index (χ1) is 14.4. The first-order valence-corrected chi connectivity index (χ1v) is 9.99. The van der Waals surface area contributed by atoms with Gasteiger partial charge in [-0.15, -0.1) is 0 Å². The molecule has 0 bridgehead atoms. The standard InChI is InChI=1S/C21H24N6O3/c1-13(14-5-7-16(8-6-14)25-20(29)15-3-4-15)24-18(28)9-10-27-12-22-19-17(21(27)30)11-23-26(19)2/h5-8,11-13,15H,3-4,9-10H2,1-2H3,(H,24,28)(H,25,29). The third-order valence-corrected chi connectivity index (χ3v) is 5.30. The van der Waals surface area contributed by atoms with Gasteiger partial charge < -0.3 is 10.6 Å². The summed E-state index contributed by atoms with van der Waals surface area (Å²) in [7, 11) is 1.72. The fraction of sp³-hybridized carbons (Fsp3) is 0.381. The van der Waals surface area contributed by atoms with Crippen molar-refractivity contribution >= 4 is 28.5 Å². The minimum atomic E-state index is -0.210. The van der Waals surface area contributed by atoms with Gasteiger partial charge in [-0.05, 0) is 37.5 Å². The molecule has 0 radical (unpaired) electrons. The molecular weight excluding hydrogens is 384 g/mol. The van der Waals surface area contributed by atoms with Gasteiger partial charge in [0.25, 0.3) is 5.56 Å². The third kappa shape index (κ3) is 4.24. The number of nitrogens with zero attached hydrogens (tertiary/aromatic N) is 4. The van der Waals surface area contributed by atoms with Crippen LogP contribution in [0.2, 0.25) is 0 Å². The molecule has 2 heterocycles. The molecule has 1 saturated carbocycles. The molecule has 0 aliphatic heterocycles. The predicted octanol–water partition coefficient (Wildman–Crippen LogP) is 1.75. The Morgan fingerprint density at radius 1 is 1.23 bits per heavy atom. The number of benzene rings is 1. The lowest BCUT2D eigenvalue weighted by Gasteiger charge is -2.15. The van der Waals surface area contributed by atoms with Crippen LogP contribution < -0.4 is 16.2 Å². The zero-order valence-corrected chi connectivity index (χ0v) is 17.0. The SMILES string of the molecule is CC(NC(=O)CCn1cnc2c(cnn2C)c1=O)c1ccc(NC(=O)C2CC2)cc1. The summed E-state index contributed by atoms with van der Waals surface area (Å²) in [5, 5.41) is 10.3. The average Bonchev–Trinajstić information content (AvgIpc) is 3.51. The summed E-state index contributed by atoms with van der Waals surface area (Å²) in [6.07, 6.45) is 5.02. The summed E-state index contributed by atoms with van der Waals surface area (Å²) >= 11 is 0. The number of hydrogen-bond acceptors (Lipinski definition) is 5. The molecule has 1 aliphatic carbocycles. The van der Waals surface area contributed by atoms with Crippen LogP contribution in [0, 0.1) is 5.92 Å². The zero-order chi connectivity index (χ0) is 21.3. The lowest BCUT2D eigenvalue weighted by molar-refractivity contribution is -0.122. The molecule has 0 saturated heterocycles. The molecule has 3 aromatic rings. The highest BCUT2D eigenvalue weighted by Crippen LogP contribution is 2.30. The first-order valence-electron chi connectivity index (χ1n) is 9.99. The van der Waals surface area contributed by atoms with Gasteiger partial charge in [0.1, 0.15) is 5.39 Å². The molecule has 4 rings (SSSR count). The highest BCUT2D eigenvalue weighted by Gasteiger charge is 2.29. The van der Waals surface area contributed by atoms with Crippen molar-refractivity contribution in [1.29, 1.82) is 0 Å². The van der Waals surface area contributed by atoms with E-state index in [1.807, 2.05) is 31.2 Å². The molecule has 2 amide bonds. The summed E-state index contributed by atoms with van der Waals surface area (Å²) in [6, 6.07) is 7.26. The molecule has 30 heavy (non-hydrogen) atoms. The van der Waals surface area contributed by atoms with E-state index < -0.39 is 0 Å². The second kappa shape index (κ2) is 8.10. The maximum Gasteiger partial charge on any atom is 0.264 e. The number of aromatic nitrogens is 4. The molecule has 2 aromatic heterocycles. The van der Waals surface area contributed by atoms with Gasteiger partial charge in [-0.2, -0.15) is 5.10 Å². The van der Waals surface area contributed by atoms with Crippen LogP contribution in [0.15, 0.2) is 41.6 Å². The maximum absolute atomic E-state index is 12.5. The van der Waals surface area contributed by atoms with Gasteiger partial charge in [0.15, 0.2) is 5.65 Å². The Morgan fingerprint density at radius 2 is 1.97 bits per heavy atom. The topological polar surface area (TPSA) is 111 Å². The summed E-state index contributed by atoms with van der Waals surface area (Å²) in [4.78, 5) is 40.9. The minimum absolute atomic E-state index is 0.0679. The predicted molar refractivity (Wildman–Crippen MR) is 112 cm³/mol. The monoisotopic (exact) mass is 408 g/mol. The van der Waals surface area contributed by atoms with Gasteiger partial charge in [-0.1, -0.05) is 12.1 Å². The summed E-state index contributed by atoms with van der Waals surface area (Å²) in [6.45, 7) is 2.13. The Morgan fingerprint density at radius 3 is 2.67 bits per heavy atom. The van der Waals surface area contributed by atoms with Gasteiger partial charge in [-0.3, -0.25) is 23.6 Å². The molecule has 9 nitrogen and oxygen atoms in total. The van der Waals surface area contributed by atoms with Crippen molar-refractivity contribution in [3.05, 3.63) is 52.7 Å². The Balaban J connectivity index is 1.32. The smallest absolute Gasteiger partial charge is 0.264 e. The van der Waals surface area contributed by atoms with Crippen LogP contribution in [0.4, 0.5) is 5.69 Å². The number of anilines is 1. The van der Waals surface area contributed by atoms with E-state index in [9.17, 15) is 14.4 Å². The fourth-order valence-electron chi connectivity index (χ4n) is 3.29. The molecule has 0 spiro atoms. The molecule has 1 atom stereocenters. The van der Waals surface area contributed by atoms with Crippen molar-refractivity contribution in [2.24, 2.45) is 13.0 Å². The number of hydrogen-bond donors (Lipinski definition) is 2. The van der Waals surface area contributed by atoms with Crippen LogP contribution in [-0.2, 0) is 23.2 Å². The second-order valence-corrected chi connectivity index (χ2v) is 7.67. The molecular formula is C21H24N6O3. The van der Waals surface area contributed by atoms with E-state index in [2.05, 4.69) is 20.7 Å². The lowest BCUT2D eigenvalue weighted by Crippen LogP contribution is -2.29. The van der Waals surface area contributed by atoms with Crippen LogP contribution in [0.25, 0.3) is 11.0 Å². The molecule has 9 heteroatoms. The van der Waals surface area contributed by atoms with Gasteiger partial charge >= 0.3 is 0 Å². The van der Waals surface area contributed by atoms with Crippen LogP contribution in [0.1, 0.15) is 37.8 Å². The average molecular weight is 408 g/mol. The zero-order valence-electron chi connectivity index (χ0n) is 17.0. The van der Waals surface area contributed by atoms with Crippen molar-refractivity contribution in [1.82, 2.24) is 24.6 Å². The molecule has 1 fully saturated rings. The molecule has 2 N–H and O–H groups in total. The molecule has 1 unspecified atom stereocenters. The van der Waals surface area contributed by atoms with Crippen molar-refractivity contribution < 1.29 is 9.59 Å². The Hall–Kier alpha value is -3.49. The molecule has 156 valence electrons. The van der Waals surface area contributed by atoms with Crippen LogP contribution in [-0.4, -0.2) is 31.1 Å². The van der Waals surface area contributed by atoms with Gasteiger partial charge in [0, 0.05) is 31.6 Å². The summed E-state index contributed by atoms with van der Waals surface area (Å²) < 4.78 is 2.96. The quantitative estimate of drug-likeness (QED) is 0.619. The van der Waals surface area contributed by atoms with Crippen molar-refractivity contribution in [3.63, 3.8) is 0 Å².